The van der Waals surface area contributed by atoms with E-state index in [1.54, 1.807) is 0 Å². The molecule has 0 unspecified atom stereocenters. The van der Waals surface area contributed by atoms with Gasteiger partial charge in [0.05, 0.1) is 6.07 Å². The SMILES string of the molecule is N#CCNc1cc(NC2CCCC2)ncn1. The Kier molecular flexibility index (Phi) is 3.54. The molecular formula is C11H15N5. The number of rotatable bonds is 4. The van der Waals surface area contributed by atoms with Gasteiger partial charge in [0.2, 0.25) is 0 Å². The van der Waals surface area contributed by atoms with Crippen molar-refractivity contribution in [1.82, 2.24) is 9.97 Å². The van der Waals surface area contributed by atoms with Crippen LogP contribution in [0, 0.1) is 11.3 Å². The highest BCUT2D eigenvalue weighted by Crippen LogP contribution is 2.21. The first kappa shape index (κ1) is 10.7. The molecule has 0 atom stereocenters. The molecule has 1 aromatic rings. The smallest absolute Gasteiger partial charge is 0.132 e. The monoisotopic (exact) mass is 217 g/mol. The van der Waals surface area contributed by atoms with Crippen LogP contribution < -0.4 is 10.6 Å². The topological polar surface area (TPSA) is 73.6 Å². The van der Waals surface area contributed by atoms with Gasteiger partial charge in [-0.2, -0.15) is 5.26 Å². The van der Waals surface area contributed by atoms with E-state index in [4.69, 9.17) is 5.26 Å². The number of aromatic nitrogens is 2. The van der Waals surface area contributed by atoms with Crippen LogP contribution in [0.4, 0.5) is 11.6 Å². The highest BCUT2D eigenvalue weighted by Gasteiger charge is 2.14. The summed E-state index contributed by atoms with van der Waals surface area (Å²) in [6.45, 7) is 0.264. The van der Waals surface area contributed by atoms with Crippen molar-refractivity contribution >= 4 is 11.6 Å². The van der Waals surface area contributed by atoms with Crippen LogP contribution in [0.15, 0.2) is 12.4 Å². The van der Waals surface area contributed by atoms with Gasteiger partial charge in [-0.3, -0.25) is 0 Å². The van der Waals surface area contributed by atoms with Gasteiger partial charge in [0.1, 0.15) is 24.5 Å². The van der Waals surface area contributed by atoms with E-state index in [1.807, 2.05) is 12.1 Å². The van der Waals surface area contributed by atoms with Crippen molar-refractivity contribution in [2.75, 3.05) is 17.2 Å². The first-order valence-corrected chi connectivity index (χ1v) is 5.58. The Labute approximate surface area is 94.9 Å². The number of hydrogen-bond acceptors (Lipinski definition) is 5. The van der Waals surface area contributed by atoms with Crippen LogP contribution in [0.3, 0.4) is 0 Å². The van der Waals surface area contributed by atoms with Crippen molar-refractivity contribution in [3.8, 4) is 6.07 Å². The lowest BCUT2D eigenvalue weighted by Gasteiger charge is -2.12. The van der Waals surface area contributed by atoms with Crippen molar-refractivity contribution in [2.45, 2.75) is 31.7 Å². The third-order valence-electron chi connectivity index (χ3n) is 2.72. The van der Waals surface area contributed by atoms with Crippen molar-refractivity contribution < 1.29 is 0 Å². The van der Waals surface area contributed by atoms with E-state index >= 15 is 0 Å². The summed E-state index contributed by atoms with van der Waals surface area (Å²) in [6.07, 6.45) is 6.53. The van der Waals surface area contributed by atoms with Gasteiger partial charge in [-0.15, -0.1) is 0 Å². The molecule has 0 spiro atoms. The van der Waals surface area contributed by atoms with Crippen molar-refractivity contribution in [3.63, 3.8) is 0 Å². The zero-order chi connectivity index (χ0) is 11.2. The number of nitrogens with zero attached hydrogens (tertiary/aromatic N) is 3. The van der Waals surface area contributed by atoms with E-state index in [0.29, 0.717) is 11.9 Å². The molecule has 5 heteroatoms. The molecule has 1 aliphatic rings. The summed E-state index contributed by atoms with van der Waals surface area (Å²) >= 11 is 0. The molecule has 16 heavy (non-hydrogen) atoms. The van der Waals surface area contributed by atoms with Gasteiger partial charge in [0, 0.05) is 12.1 Å². The normalized spacial score (nSPS) is 15.7. The molecule has 1 heterocycles. The standard InChI is InChI=1S/C11H15N5/c12-5-6-13-10-7-11(15-8-14-10)16-9-3-1-2-4-9/h7-9H,1-4,6H2,(H2,13,14,15,16). The van der Waals surface area contributed by atoms with Gasteiger partial charge < -0.3 is 10.6 Å². The number of anilines is 2. The van der Waals surface area contributed by atoms with E-state index in [0.717, 1.165) is 5.82 Å². The van der Waals surface area contributed by atoms with Crippen LogP contribution in [0.1, 0.15) is 25.7 Å². The molecule has 0 amide bonds. The molecule has 1 fully saturated rings. The number of hydrogen-bond donors (Lipinski definition) is 2. The molecule has 0 saturated heterocycles. The van der Waals surface area contributed by atoms with Crippen LogP contribution in [-0.2, 0) is 0 Å². The quantitative estimate of drug-likeness (QED) is 0.752. The first-order valence-electron chi connectivity index (χ1n) is 5.58. The van der Waals surface area contributed by atoms with Gasteiger partial charge in [-0.25, -0.2) is 9.97 Å². The van der Waals surface area contributed by atoms with Crippen molar-refractivity contribution in [3.05, 3.63) is 12.4 Å². The maximum atomic E-state index is 8.46. The fourth-order valence-electron chi connectivity index (χ4n) is 1.94. The van der Waals surface area contributed by atoms with Crippen LogP contribution in [-0.4, -0.2) is 22.6 Å². The lowest BCUT2D eigenvalue weighted by atomic mass is 10.2. The van der Waals surface area contributed by atoms with Crippen LogP contribution in [0.2, 0.25) is 0 Å². The molecule has 0 aromatic carbocycles. The highest BCUT2D eigenvalue weighted by atomic mass is 15.1. The highest BCUT2D eigenvalue weighted by molar-refractivity contribution is 5.47. The lowest BCUT2D eigenvalue weighted by Crippen LogP contribution is -2.15. The van der Waals surface area contributed by atoms with Crippen molar-refractivity contribution in [1.29, 1.82) is 5.26 Å². The molecule has 1 aliphatic carbocycles. The van der Waals surface area contributed by atoms with E-state index in [1.165, 1.54) is 32.0 Å². The van der Waals surface area contributed by atoms with Crippen LogP contribution in [0.25, 0.3) is 0 Å². The molecule has 2 N–H and O–H groups in total. The summed E-state index contributed by atoms with van der Waals surface area (Å²) in [4.78, 5) is 8.20. The van der Waals surface area contributed by atoms with Gasteiger partial charge in [-0.1, -0.05) is 12.8 Å². The molecule has 1 saturated carbocycles. The minimum absolute atomic E-state index is 0.264. The zero-order valence-electron chi connectivity index (χ0n) is 9.11. The molecular weight excluding hydrogens is 202 g/mol. The Hall–Kier alpha value is -1.83. The van der Waals surface area contributed by atoms with E-state index in [2.05, 4.69) is 20.6 Å². The summed E-state index contributed by atoms with van der Waals surface area (Å²) in [5, 5.41) is 14.7. The number of nitriles is 1. The number of nitrogens with one attached hydrogen (secondary N) is 2. The molecule has 0 aliphatic heterocycles. The molecule has 84 valence electrons. The summed E-state index contributed by atoms with van der Waals surface area (Å²) in [7, 11) is 0. The Balaban J connectivity index is 1.95. The fraction of sp³-hybridized carbons (Fsp3) is 0.545. The lowest BCUT2D eigenvalue weighted by molar-refractivity contribution is 0.750. The van der Waals surface area contributed by atoms with Gasteiger partial charge >= 0.3 is 0 Å². The largest absolute Gasteiger partial charge is 0.367 e. The third kappa shape index (κ3) is 2.83. The predicted molar refractivity (Wildman–Crippen MR) is 62.0 cm³/mol. The van der Waals surface area contributed by atoms with Gasteiger partial charge in [-0.05, 0) is 12.8 Å². The second-order valence-corrected chi connectivity index (χ2v) is 3.93. The second-order valence-electron chi connectivity index (χ2n) is 3.93. The van der Waals surface area contributed by atoms with Gasteiger partial charge in [0.15, 0.2) is 0 Å². The minimum atomic E-state index is 0.264. The summed E-state index contributed by atoms with van der Waals surface area (Å²) in [6, 6.07) is 4.40. The fourth-order valence-corrected chi connectivity index (χ4v) is 1.94. The minimum Gasteiger partial charge on any atom is -0.367 e. The van der Waals surface area contributed by atoms with Crippen LogP contribution >= 0.6 is 0 Å². The Morgan fingerprint density at radius 3 is 2.81 bits per heavy atom. The summed E-state index contributed by atoms with van der Waals surface area (Å²) in [5.74, 6) is 1.53. The van der Waals surface area contributed by atoms with E-state index in [-0.39, 0.29) is 6.54 Å². The summed E-state index contributed by atoms with van der Waals surface area (Å²) < 4.78 is 0. The van der Waals surface area contributed by atoms with Crippen molar-refractivity contribution in [2.24, 2.45) is 0 Å². The molecule has 2 rings (SSSR count). The summed E-state index contributed by atoms with van der Waals surface area (Å²) in [5.41, 5.74) is 0. The molecule has 0 bridgehead atoms. The predicted octanol–water partition coefficient (Wildman–Crippen LogP) is 1.77. The average molecular weight is 217 g/mol. The Morgan fingerprint density at radius 1 is 1.31 bits per heavy atom. The Bertz CT molecular complexity index is 378. The molecule has 1 aromatic heterocycles. The third-order valence-corrected chi connectivity index (χ3v) is 2.72. The first-order chi connectivity index (χ1) is 7.88. The maximum Gasteiger partial charge on any atom is 0.132 e. The second kappa shape index (κ2) is 5.31. The average Bonchev–Trinajstić information content (AvgIpc) is 2.80. The van der Waals surface area contributed by atoms with Crippen LogP contribution in [0.5, 0.6) is 0 Å². The Morgan fingerprint density at radius 2 is 2.06 bits per heavy atom. The molecule has 0 radical (unpaired) electrons. The van der Waals surface area contributed by atoms with E-state index < -0.39 is 0 Å². The zero-order valence-corrected chi connectivity index (χ0v) is 9.11. The molecule has 5 nitrogen and oxygen atoms in total. The maximum absolute atomic E-state index is 8.46. The van der Waals surface area contributed by atoms with Gasteiger partial charge in [0.25, 0.3) is 0 Å². The van der Waals surface area contributed by atoms with E-state index in [9.17, 15) is 0 Å².